The Labute approximate surface area is 169 Å². The average Bonchev–Trinajstić information content (AvgIpc) is 3.05. The molecule has 1 aromatic heterocycles. The molecule has 1 heterocycles. The Bertz CT molecular complexity index is 1220. The van der Waals surface area contributed by atoms with E-state index in [1.165, 1.54) is 6.07 Å². The van der Waals surface area contributed by atoms with Gasteiger partial charge in [-0.1, -0.05) is 58.0 Å². The standard InChI is InChI=1S/C24H24N2O3/c1-14(2)17-13-18-16-9-5-8-12-21(16)29-24(18)22(15(3)4)23(17)25-19-10-6-7-11-20(19)26(27)28/h5-15,25H,1-4H3. The molecular formula is C24H24N2O3. The quantitative estimate of drug-likeness (QED) is 0.284. The van der Waals surface area contributed by atoms with Gasteiger partial charge < -0.3 is 9.73 Å². The number of nitro groups is 1. The van der Waals surface area contributed by atoms with E-state index in [-0.39, 0.29) is 22.4 Å². The van der Waals surface area contributed by atoms with Crippen LogP contribution in [-0.2, 0) is 0 Å². The number of hydrogen-bond acceptors (Lipinski definition) is 4. The van der Waals surface area contributed by atoms with Crippen LogP contribution in [0.15, 0.2) is 59.0 Å². The fraction of sp³-hybridized carbons (Fsp3) is 0.250. The van der Waals surface area contributed by atoms with Gasteiger partial charge in [0.2, 0.25) is 0 Å². The maximum Gasteiger partial charge on any atom is 0.292 e. The first-order chi connectivity index (χ1) is 13.9. The third-order valence-corrected chi connectivity index (χ3v) is 5.30. The van der Waals surface area contributed by atoms with Crippen LogP contribution in [0.2, 0.25) is 0 Å². The minimum atomic E-state index is -0.355. The molecule has 0 radical (unpaired) electrons. The number of furan rings is 1. The zero-order valence-corrected chi connectivity index (χ0v) is 17.0. The summed E-state index contributed by atoms with van der Waals surface area (Å²) >= 11 is 0. The van der Waals surface area contributed by atoms with Gasteiger partial charge in [-0.25, -0.2) is 0 Å². The van der Waals surface area contributed by atoms with Crippen LogP contribution in [0.5, 0.6) is 0 Å². The van der Waals surface area contributed by atoms with Gasteiger partial charge in [0.05, 0.1) is 4.92 Å². The van der Waals surface area contributed by atoms with E-state index in [9.17, 15) is 10.1 Å². The van der Waals surface area contributed by atoms with E-state index in [1.54, 1.807) is 18.2 Å². The van der Waals surface area contributed by atoms with Gasteiger partial charge in [-0.2, -0.15) is 0 Å². The van der Waals surface area contributed by atoms with Crippen molar-refractivity contribution in [3.8, 4) is 0 Å². The molecule has 0 spiro atoms. The summed E-state index contributed by atoms with van der Waals surface area (Å²) in [7, 11) is 0. The van der Waals surface area contributed by atoms with Crippen LogP contribution in [0.3, 0.4) is 0 Å². The summed E-state index contributed by atoms with van der Waals surface area (Å²) in [6, 6.07) is 16.9. The molecule has 0 aliphatic carbocycles. The number of para-hydroxylation sites is 3. The SMILES string of the molecule is CC(C)c1cc2c(oc3ccccc32)c(C(C)C)c1Nc1ccccc1[N+](=O)[O-]. The molecule has 5 heteroatoms. The summed E-state index contributed by atoms with van der Waals surface area (Å²) in [5.41, 5.74) is 5.29. The van der Waals surface area contributed by atoms with E-state index in [1.807, 2.05) is 18.2 Å². The highest BCUT2D eigenvalue weighted by Crippen LogP contribution is 2.44. The monoisotopic (exact) mass is 388 g/mol. The number of anilines is 2. The first-order valence-electron chi connectivity index (χ1n) is 9.87. The summed E-state index contributed by atoms with van der Waals surface area (Å²) in [5.74, 6) is 0.401. The first-order valence-corrected chi connectivity index (χ1v) is 9.87. The number of hydrogen-bond donors (Lipinski definition) is 1. The maximum absolute atomic E-state index is 11.5. The van der Waals surface area contributed by atoms with Gasteiger partial charge in [-0.05, 0) is 35.6 Å². The van der Waals surface area contributed by atoms with Crippen molar-refractivity contribution in [2.24, 2.45) is 0 Å². The number of benzene rings is 3. The van der Waals surface area contributed by atoms with E-state index in [0.29, 0.717) is 5.69 Å². The number of nitrogens with zero attached hydrogens (tertiary/aromatic N) is 1. The number of nitro benzene ring substituents is 1. The topological polar surface area (TPSA) is 68.3 Å². The zero-order valence-electron chi connectivity index (χ0n) is 17.0. The molecule has 0 amide bonds. The fourth-order valence-corrected chi connectivity index (χ4v) is 3.92. The Morgan fingerprint density at radius 2 is 1.62 bits per heavy atom. The van der Waals surface area contributed by atoms with Gasteiger partial charge >= 0.3 is 0 Å². The van der Waals surface area contributed by atoms with E-state index in [2.05, 4.69) is 45.1 Å². The molecule has 0 fully saturated rings. The molecule has 148 valence electrons. The van der Waals surface area contributed by atoms with Crippen LogP contribution in [0.4, 0.5) is 17.1 Å². The van der Waals surface area contributed by atoms with Crippen molar-refractivity contribution >= 4 is 39.0 Å². The van der Waals surface area contributed by atoms with Crippen molar-refractivity contribution in [1.82, 2.24) is 0 Å². The summed E-state index contributed by atoms with van der Waals surface area (Å²) in [6.45, 7) is 8.52. The smallest absolute Gasteiger partial charge is 0.292 e. The van der Waals surface area contributed by atoms with Gasteiger partial charge in [0.25, 0.3) is 5.69 Å². The molecule has 0 aliphatic rings. The third-order valence-electron chi connectivity index (χ3n) is 5.30. The summed E-state index contributed by atoms with van der Waals surface area (Å²) in [6.07, 6.45) is 0. The fourth-order valence-electron chi connectivity index (χ4n) is 3.92. The summed E-state index contributed by atoms with van der Waals surface area (Å²) < 4.78 is 6.26. The lowest BCUT2D eigenvalue weighted by Gasteiger charge is -2.21. The molecule has 3 aromatic carbocycles. The molecular weight excluding hydrogens is 364 g/mol. The van der Waals surface area contributed by atoms with Crippen LogP contribution < -0.4 is 5.32 Å². The van der Waals surface area contributed by atoms with Crippen molar-refractivity contribution < 1.29 is 9.34 Å². The second kappa shape index (κ2) is 7.24. The molecule has 29 heavy (non-hydrogen) atoms. The Balaban J connectivity index is 2.04. The van der Waals surface area contributed by atoms with Gasteiger partial charge in [0, 0.05) is 28.1 Å². The number of fused-ring (bicyclic) bond motifs is 3. The van der Waals surface area contributed by atoms with Crippen molar-refractivity contribution in [2.45, 2.75) is 39.5 Å². The highest BCUT2D eigenvalue weighted by molar-refractivity contribution is 6.08. The van der Waals surface area contributed by atoms with Crippen molar-refractivity contribution in [1.29, 1.82) is 0 Å². The second-order valence-corrected chi connectivity index (χ2v) is 7.94. The van der Waals surface area contributed by atoms with Gasteiger partial charge in [-0.3, -0.25) is 10.1 Å². The lowest BCUT2D eigenvalue weighted by molar-refractivity contribution is -0.383. The third kappa shape index (κ3) is 3.23. The first kappa shape index (κ1) is 19.0. The van der Waals surface area contributed by atoms with Crippen molar-refractivity contribution in [3.63, 3.8) is 0 Å². The van der Waals surface area contributed by atoms with Gasteiger partial charge in [0.1, 0.15) is 16.9 Å². The lowest BCUT2D eigenvalue weighted by atomic mass is 9.90. The highest BCUT2D eigenvalue weighted by atomic mass is 16.6. The summed E-state index contributed by atoms with van der Waals surface area (Å²) in [5, 5.41) is 17.1. The van der Waals surface area contributed by atoms with Crippen LogP contribution in [0, 0.1) is 10.1 Å². The lowest BCUT2D eigenvalue weighted by Crippen LogP contribution is -2.06. The molecule has 5 nitrogen and oxygen atoms in total. The molecule has 0 saturated heterocycles. The van der Waals surface area contributed by atoms with Crippen LogP contribution in [-0.4, -0.2) is 4.92 Å². The second-order valence-electron chi connectivity index (χ2n) is 7.94. The van der Waals surface area contributed by atoms with Crippen LogP contribution in [0.1, 0.15) is 50.7 Å². The Morgan fingerprint density at radius 1 is 0.931 bits per heavy atom. The predicted octanol–water partition coefficient (Wildman–Crippen LogP) is 7.48. The molecule has 0 bridgehead atoms. The minimum absolute atomic E-state index is 0.0571. The number of rotatable bonds is 5. The molecule has 4 aromatic rings. The van der Waals surface area contributed by atoms with E-state index < -0.39 is 0 Å². The molecule has 0 unspecified atom stereocenters. The van der Waals surface area contributed by atoms with Crippen molar-refractivity contribution in [3.05, 3.63) is 75.8 Å². The normalized spacial score (nSPS) is 11.7. The largest absolute Gasteiger partial charge is 0.456 e. The molecule has 1 N–H and O–H groups in total. The summed E-state index contributed by atoms with van der Waals surface area (Å²) in [4.78, 5) is 11.2. The molecule has 0 atom stereocenters. The van der Waals surface area contributed by atoms with Gasteiger partial charge in [0.15, 0.2) is 0 Å². The van der Waals surface area contributed by atoms with E-state index in [0.717, 1.165) is 38.8 Å². The van der Waals surface area contributed by atoms with Crippen molar-refractivity contribution in [2.75, 3.05) is 5.32 Å². The van der Waals surface area contributed by atoms with Gasteiger partial charge in [-0.15, -0.1) is 0 Å². The highest BCUT2D eigenvalue weighted by Gasteiger charge is 2.24. The predicted molar refractivity (Wildman–Crippen MR) is 118 cm³/mol. The zero-order chi connectivity index (χ0) is 20.7. The van der Waals surface area contributed by atoms with Crippen LogP contribution in [0.25, 0.3) is 21.9 Å². The van der Waals surface area contributed by atoms with E-state index in [4.69, 9.17) is 4.42 Å². The Kier molecular flexibility index (Phi) is 4.74. The Hall–Kier alpha value is -3.34. The van der Waals surface area contributed by atoms with Crippen LogP contribution >= 0.6 is 0 Å². The average molecular weight is 388 g/mol. The minimum Gasteiger partial charge on any atom is -0.456 e. The molecule has 4 rings (SSSR count). The number of nitrogens with one attached hydrogen (secondary N) is 1. The Morgan fingerprint density at radius 3 is 2.31 bits per heavy atom. The molecule has 0 aliphatic heterocycles. The maximum atomic E-state index is 11.5. The molecule has 0 saturated carbocycles. The van der Waals surface area contributed by atoms with E-state index >= 15 is 0 Å².